The van der Waals surface area contributed by atoms with Gasteiger partial charge in [0.1, 0.15) is 22.8 Å². The Hall–Kier alpha value is -3.93. The molecule has 0 unspecified atom stereocenters. The number of primary amides is 1. The molecular formula is C29H38N3O10P. The third kappa shape index (κ3) is 10.1. The molecule has 0 radical (unpaired) electrons. The SMILES string of the molecule is CC(=O)N[C@H](Cc1ccc(OCC(=O)O)c(P(=O)(O)O)c1)C(=O)N[C@@H](C)c1ccc(OCC2CCCCC2)c(C(N)=O)c1. The van der Waals surface area contributed by atoms with Gasteiger partial charge in [0.15, 0.2) is 6.61 Å². The second-order valence-corrected chi connectivity index (χ2v) is 12.2. The van der Waals surface area contributed by atoms with E-state index in [0.717, 1.165) is 31.7 Å². The molecule has 0 spiro atoms. The molecule has 234 valence electrons. The van der Waals surface area contributed by atoms with Crippen LogP contribution in [0.1, 0.15) is 73.5 Å². The molecule has 14 heteroatoms. The summed E-state index contributed by atoms with van der Waals surface area (Å²) in [6.07, 6.45) is 5.53. The third-order valence-corrected chi connectivity index (χ3v) is 8.13. The van der Waals surface area contributed by atoms with E-state index in [1.54, 1.807) is 25.1 Å². The van der Waals surface area contributed by atoms with Gasteiger partial charge >= 0.3 is 13.6 Å². The van der Waals surface area contributed by atoms with Crippen molar-refractivity contribution >= 4 is 36.6 Å². The second-order valence-electron chi connectivity index (χ2n) is 10.7. The van der Waals surface area contributed by atoms with Gasteiger partial charge < -0.3 is 40.7 Å². The standard InChI is InChI=1S/C29H38N3O10P/c1-17(21-9-11-24(22(14-21)28(30)36)41-15-19-6-4-3-5-7-19)31-29(37)23(32-18(2)33)12-20-8-10-25(42-16-27(34)35)26(13-20)43(38,39)40/h8-11,13-14,17,19,23H,3-7,12,15-16H2,1-2H3,(H2,30,36)(H,31,37)(H,32,33)(H,34,35)(H2,38,39,40)/t17-,23+/m0/s1. The molecule has 2 aromatic rings. The first-order chi connectivity index (χ1) is 20.2. The molecule has 13 nitrogen and oxygen atoms in total. The van der Waals surface area contributed by atoms with Gasteiger partial charge in [-0.3, -0.25) is 18.9 Å². The molecule has 3 amide bonds. The quantitative estimate of drug-likeness (QED) is 0.169. The van der Waals surface area contributed by atoms with Crippen molar-refractivity contribution < 1.29 is 48.1 Å². The average molecular weight is 620 g/mol. The van der Waals surface area contributed by atoms with Crippen molar-refractivity contribution in [2.75, 3.05) is 13.2 Å². The number of ether oxygens (including phenoxy) is 2. The van der Waals surface area contributed by atoms with Crippen molar-refractivity contribution in [1.82, 2.24) is 10.6 Å². The van der Waals surface area contributed by atoms with Crippen LogP contribution in [0.2, 0.25) is 0 Å². The van der Waals surface area contributed by atoms with Crippen LogP contribution in [0.4, 0.5) is 0 Å². The number of carboxylic acids is 1. The van der Waals surface area contributed by atoms with Crippen LogP contribution in [0.3, 0.4) is 0 Å². The van der Waals surface area contributed by atoms with E-state index in [-0.39, 0.29) is 23.3 Å². The largest absolute Gasteiger partial charge is 0.492 e. The number of hydrogen-bond donors (Lipinski definition) is 6. The molecule has 2 atom stereocenters. The molecule has 1 aliphatic carbocycles. The van der Waals surface area contributed by atoms with Gasteiger partial charge in [0, 0.05) is 13.3 Å². The fourth-order valence-electron chi connectivity index (χ4n) is 4.96. The Labute approximate surface area is 249 Å². The van der Waals surface area contributed by atoms with E-state index in [9.17, 15) is 33.5 Å². The van der Waals surface area contributed by atoms with Crippen LogP contribution in [0.25, 0.3) is 0 Å². The zero-order valence-corrected chi connectivity index (χ0v) is 25.0. The Balaban J connectivity index is 1.76. The number of hydrogen-bond acceptors (Lipinski definition) is 7. The lowest BCUT2D eigenvalue weighted by Gasteiger charge is -2.23. The monoisotopic (exact) mass is 619 g/mol. The van der Waals surface area contributed by atoms with Gasteiger partial charge in [-0.2, -0.15) is 0 Å². The van der Waals surface area contributed by atoms with Crippen molar-refractivity contribution in [2.24, 2.45) is 11.7 Å². The Morgan fingerprint density at radius 2 is 1.67 bits per heavy atom. The van der Waals surface area contributed by atoms with Gasteiger partial charge in [0.25, 0.3) is 5.91 Å². The first kappa shape index (κ1) is 33.6. The van der Waals surface area contributed by atoms with E-state index in [4.69, 9.17) is 20.3 Å². The van der Waals surface area contributed by atoms with E-state index in [1.165, 1.54) is 25.5 Å². The molecule has 0 aromatic heterocycles. The third-order valence-electron chi connectivity index (χ3n) is 7.15. The smallest absolute Gasteiger partial charge is 0.359 e. The highest BCUT2D eigenvalue weighted by molar-refractivity contribution is 7.60. The van der Waals surface area contributed by atoms with E-state index >= 15 is 0 Å². The Kier molecular flexibility index (Phi) is 11.7. The van der Waals surface area contributed by atoms with Crippen LogP contribution in [-0.2, 0) is 25.4 Å². The highest BCUT2D eigenvalue weighted by atomic mass is 31.2. The maximum atomic E-state index is 13.3. The number of carbonyl (C=O) groups is 4. The molecule has 0 heterocycles. The van der Waals surface area contributed by atoms with Gasteiger partial charge in [-0.25, -0.2) is 4.79 Å². The number of amides is 3. The molecule has 3 rings (SSSR count). The Morgan fingerprint density at radius 3 is 2.28 bits per heavy atom. The predicted molar refractivity (Wildman–Crippen MR) is 156 cm³/mol. The van der Waals surface area contributed by atoms with Crippen LogP contribution in [0.15, 0.2) is 36.4 Å². The Morgan fingerprint density at radius 1 is 1.00 bits per heavy atom. The van der Waals surface area contributed by atoms with Crippen LogP contribution in [0.5, 0.6) is 11.5 Å². The molecule has 2 aromatic carbocycles. The summed E-state index contributed by atoms with van der Waals surface area (Å²) in [5, 5.41) is 13.6. The van der Waals surface area contributed by atoms with Crippen molar-refractivity contribution in [3.8, 4) is 11.5 Å². The topological polar surface area (TPSA) is 215 Å². The zero-order valence-electron chi connectivity index (χ0n) is 24.1. The lowest BCUT2D eigenvalue weighted by Crippen LogP contribution is -2.48. The van der Waals surface area contributed by atoms with Crippen LogP contribution < -0.4 is 31.1 Å². The average Bonchev–Trinajstić information content (AvgIpc) is 2.94. The molecular weight excluding hydrogens is 581 g/mol. The minimum absolute atomic E-state index is 0.148. The maximum Gasteiger partial charge on any atom is 0.359 e. The summed E-state index contributed by atoms with van der Waals surface area (Å²) in [6, 6.07) is 6.87. The highest BCUT2D eigenvalue weighted by Gasteiger charge is 2.27. The Bertz CT molecular complexity index is 1390. The highest BCUT2D eigenvalue weighted by Crippen LogP contribution is 2.38. The predicted octanol–water partition coefficient (Wildman–Crippen LogP) is 1.94. The van der Waals surface area contributed by atoms with Gasteiger partial charge in [-0.15, -0.1) is 0 Å². The van der Waals surface area contributed by atoms with Crippen molar-refractivity contribution in [2.45, 2.75) is 64.5 Å². The fourth-order valence-corrected chi connectivity index (χ4v) is 5.72. The van der Waals surface area contributed by atoms with E-state index < -0.39 is 55.3 Å². The summed E-state index contributed by atoms with van der Waals surface area (Å²) in [6.45, 7) is 2.58. The van der Waals surface area contributed by atoms with Gasteiger partial charge in [0.2, 0.25) is 11.8 Å². The number of carbonyl (C=O) groups excluding carboxylic acids is 3. The van der Waals surface area contributed by atoms with Gasteiger partial charge in [-0.1, -0.05) is 31.4 Å². The molecule has 0 saturated heterocycles. The van der Waals surface area contributed by atoms with Crippen molar-refractivity contribution in [3.05, 3.63) is 53.1 Å². The number of benzene rings is 2. The van der Waals surface area contributed by atoms with Crippen molar-refractivity contribution in [1.29, 1.82) is 0 Å². The van der Waals surface area contributed by atoms with Crippen LogP contribution in [0, 0.1) is 5.92 Å². The lowest BCUT2D eigenvalue weighted by atomic mass is 9.90. The molecule has 1 saturated carbocycles. The summed E-state index contributed by atoms with van der Waals surface area (Å²) in [7, 11) is -4.88. The number of nitrogens with two attached hydrogens (primary N) is 1. The summed E-state index contributed by atoms with van der Waals surface area (Å²) in [5.74, 6) is -2.64. The number of carboxylic acid groups (broad SMARTS) is 1. The van der Waals surface area contributed by atoms with Crippen LogP contribution >= 0.6 is 7.60 Å². The minimum atomic E-state index is -4.88. The number of aliphatic carboxylic acids is 1. The molecule has 43 heavy (non-hydrogen) atoms. The summed E-state index contributed by atoms with van der Waals surface area (Å²) in [4.78, 5) is 67.8. The number of rotatable bonds is 14. The first-order valence-electron chi connectivity index (χ1n) is 13.9. The summed E-state index contributed by atoms with van der Waals surface area (Å²) < 4.78 is 23.0. The summed E-state index contributed by atoms with van der Waals surface area (Å²) in [5.41, 5.74) is 6.65. The molecule has 1 fully saturated rings. The first-order valence-corrected chi connectivity index (χ1v) is 15.5. The fraction of sp³-hybridized carbons (Fsp3) is 0.448. The second kappa shape index (κ2) is 15.0. The van der Waals surface area contributed by atoms with Crippen molar-refractivity contribution in [3.63, 3.8) is 0 Å². The summed E-state index contributed by atoms with van der Waals surface area (Å²) >= 11 is 0. The minimum Gasteiger partial charge on any atom is -0.492 e. The lowest BCUT2D eigenvalue weighted by molar-refractivity contribution is -0.139. The molecule has 7 N–H and O–H groups in total. The maximum absolute atomic E-state index is 13.3. The van der Waals surface area contributed by atoms with E-state index in [0.29, 0.717) is 23.8 Å². The number of nitrogens with one attached hydrogen (secondary N) is 2. The van der Waals surface area contributed by atoms with Gasteiger partial charge in [-0.05, 0) is 61.1 Å². The molecule has 1 aliphatic rings. The zero-order chi connectivity index (χ0) is 31.7. The van der Waals surface area contributed by atoms with E-state index in [2.05, 4.69) is 10.6 Å². The molecule has 0 aliphatic heterocycles. The van der Waals surface area contributed by atoms with Gasteiger partial charge in [0.05, 0.1) is 18.2 Å². The molecule has 0 bridgehead atoms. The van der Waals surface area contributed by atoms with Crippen LogP contribution in [-0.4, -0.2) is 57.8 Å². The van der Waals surface area contributed by atoms with E-state index in [1.807, 2.05) is 0 Å². The normalized spacial score (nSPS) is 15.2.